The number of rotatable bonds is 5. The molecular weight excluding hydrogens is 361 g/mol. The fourth-order valence-electron chi connectivity index (χ4n) is 3.81. The van der Waals surface area contributed by atoms with Crippen LogP contribution in [0.15, 0.2) is 36.5 Å². The maximum atomic E-state index is 13.5. The molecule has 0 bridgehead atoms. The van der Waals surface area contributed by atoms with Gasteiger partial charge in [-0.25, -0.2) is 9.37 Å². The van der Waals surface area contributed by atoms with Gasteiger partial charge in [-0.2, -0.15) is 0 Å². The highest BCUT2D eigenvalue weighted by Crippen LogP contribution is 2.33. The van der Waals surface area contributed by atoms with Gasteiger partial charge in [0.1, 0.15) is 11.9 Å². The quantitative estimate of drug-likeness (QED) is 0.830. The maximum absolute atomic E-state index is 13.5. The van der Waals surface area contributed by atoms with Crippen LogP contribution in [-0.4, -0.2) is 22.9 Å². The summed E-state index contributed by atoms with van der Waals surface area (Å²) in [6.45, 7) is 0.253. The number of nitrogens with one attached hydrogen (secondary N) is 2. The van der Waals surface area contributed by atoms with Crippen molar-refractivity contribution in [1.82, 2.24) is 10.3 Å². The first-order chi connectivity index (χ1) is 13.6. The SMILES string of the molecule is O=C1CC(C(=O)NCc2cccnc2OC2CCCC2)c2ccc(F)cc2N1. The number of hydrogen-bond acceptors (Lipinski definition) is 4. The highest BCUT2D eigenvalue weighted by molar-refractivity contribution is 6.01. The second kappa shape index (κ2) is 7.96. The van der Waals surface area contributed by atoms with Gasteiger partial charge in [0.2, 0.25) is 17.7 Å². The number of pyridine rings is 1. The Bertz CT molecular complexity index is 896. The van der Waals surface area contributed by atoms with Crippen molar-refractivity contribution in [2.45, 2.75) is 50.7 Å². The van der Waals surface area contributed by atoms with Gasteiger partial charge >= 0.3 is 0 Å². The summed E-state index contributed by atoms with van der Waals surface area (Å²) in [4.78, 5) is 29.0. The van der Waals surface area contributed by atoms with E-state index < -0.39 is 11.7 Å². The lowest BCUT2D eigenvalue weighted by Gasteiger charge is -2.25. The van der Waals surface area contributed by atoms with Gasteiger partial charge < -0.3 is 15.4 Å². The van der Waals surface area contributed by atoms with Crippen LogP contribution in [-0.2, 0) is 16.1 Å². The van der Waals surface area contributed by atoms with Crippen molar-refractivity contribution in [3.63, 3.8) is 0 Å². The molecule has 2 N–H and O–H groups in total. The van der Waals surface area contributed by atoms with Gasteiger partial charge in [0, 0.05) is 30.4 Å². The minimum absolute atomic E-state index is 0.0307. The van der Waals surface area contributed by atoms with E-state index in [-0.39, 0.29) is 30.9 Å². The second-order valence-corrected chi connectivity index (χ2v) is 7.25. The second-order valence-electron chi connectivity index (χ2n) is 7.25. The summed E-state index contributed by atoms with van der Waals surface area (Å²) in [5.74, 6) is -1.15. The Balaban J connectivity index is 1.46. The van der Waals surface area contributed by atoms with Crippen molar-refractivity contribution in [3.05, 3.63) is 53.5 Å². The predicted molar refractivity (Wildman–Crippen MR) is 101 cm³/mol. The van der Waals surface area contributed by atoms with Crippen molar-refractivity contribution in [2.24, 2.45) is 0 Å². The van der Waals surface area contributed by atoms with Gasteiger partial charge in [0.15, 0.2) is 0 Å². The molecule has 6 nitrogen and oxygen atoms in total. The molecule has 2 aliphatic rings. The van der Waals surface area contributed by atoms with Gasteiger partial charge in [-0.15, -0.1) is 0 Å². The van der Waals surface area contributed by atoms with Crippen LogP contribution in [0, 0.1) is 5.82 Å². The van der Waals surface area contributed by atoms with Crippen molar-refractivity contribution in [3.8, 4) is 5.88 Å². The van der Waals surface area contributed by atoms with Crippen molar-refractivity contribution in [2.75, 3.05) is 5.32 Å². The highest BCUT2D eigenvalue weighted by Gasteiger charge is 2.31. The van der Waals surface area contributed by atoms with Crippen molar-refractivity contribution >= 4 is 17.5 Å². The van der Waals surface area contributed by atoms with Crippen LogP contribution in [0.3, 0.4) is 0 Å². The molecule has 1 unspecified atom stereocenters. The molecule has 0 saturated heterocycles. The number of ether oxygens (including phenoxy) is 1. The average molecular weight is 383 g/mol. The van der Waals surface area contributed by atoms with Crippen LogP contribution in [0.5, 0.6) is 5.88 Å². The molecule has 2 amide bonds. The van der Waals surface area contributed by atoms with Gasteiger partial charge in [-0.3, -0.25) is 9.59 Å². The van der Waals surface area contributed by atoms with Crippen LogP contribution in [0.2, 0.25) is 0 Å². The topological polar surface area (TPSA) is 80.3 Å². The molecule has 1 atom stereocenters. The number of carbonyl (C=O) groups excluding carboxylic acids is 2. The van der Waals surface area contributed by atoms with Crippen LogP contribution in [0.4, 0.5) is 10.1 Å². The lowest BCUT2D eigenvalue weighted by molar-refractivity contribution is -0.126. The third kappa shape index (κ3) is 3.98. The molecule has 2 aromatic rings. The molecule has 146 valence electrons. The summed E-state index contributed by atoms with van der Waals surface area (Å²) >= 11 is 0. The van der Waals surface area contributed by atoms with E-state index in [2.05, 4.69) is 15.6 Å². The predicted octanol–water partition coefficient (Wildman–Crippen LogP) is 3.28. The number of carbonyl (C=O) groups is 2. The van der Waals surface area contributed by atoms with E-state index >= 15 is 0 Å². The van der Waals surface area contributed by atoms with Crippen LogP contribution >= 0.6 is 0 Å². The van der Waals surface area contributed by atoms with Crippen molar-refractivity contribution < 1.29 is 18.7 Å². The average Bonchev–Trinajstić information content (AvgIpc) is 3.19. The van der Waals surface area contributed by atoms with Gasteiger partial charge in [0.05, 0.1) is 5.92 Å². The molecule has 2 heterocycles. The smallest absolute Gasteiger partial charge is 0.228 e. The molecule has 1 aliphatic heterocycles. The third-order valence-electron chi connectivity index (χ3n) is 5.25. The Morgan fingerprint density at radius 2 is 2.11 bits per heavy atom. The number of aromatic nitrogens is 1. The summed E-state index contributed by atoms with van der Waals surface area (Å²) in [6.07, 6.45) is 6.24. The minimum Gasteiger partial charge on any atom is -0.474 e. The Morgan fingerprint density at radius 1 is 1.29 bits per heavy atom. The standard InChI is InChI=1S/C21H22FN3O3/c22-14-7-8-16-17(11-19(26)25-18(16)10-14)20(27)24-12-13-4-3-9-23-21(13)28-15-5-1-2-6-15/h3-4,7-10,15,17H,1-2,5-6,11-12H2,(H,24,27)(H,25,26). The summed E-state index contributed by atoms with van der Waals surface area (Å²) in [7, 11) is 0. The summed E-state index contributed by atoms with van der Waals surface area (Å²) in [5.41, 5.74) is 1.76. The molecule has 1 aliphatic carbocycles. The van der Waals surface area contributed by atoms with Gasteiger partial charge in [0.25, 0.3) is 0 Å². The molecule has 0 spiro atoms. The molecule has 7 heteroatoms. The van der Waals surface area contributed by atoms with E-state index in [9.17, 15) is 14.0 Å². The number of anilines is 1. The Hall–Kier alpha value is -2.96. The summed E-state index contributed by atoms with van der Waals surface area (Å²) in [6, 6.07) is 7.75. The lowest BCUT2D eigenvalue weighted by Crippen LogP contribution is -2.35. The number of fused-ring (bicyclic) bond motifs is 1. The minimum atomic E-state index is -0.653. The molecule has 28 heavy (non-hydrogen) atoms. The van der Waals surface area contributed by atoms with E-state index in [1.54, 1.807) is 18.3 Å². The van der Waals surface area contributed by atoms with Crippen molar-refractivity contribution in [1.29, 1.82) is 0 Å². The molecule has 4 rings (SSSR count). The normalized spacial score (nSPS) is 19.0. The van der Waals surface area contributed by atoms with E-state index in [1.165, 1.54) is 12.1 Å². The Labute approximate surface area is 162 Å². The molecule has 1 saturated carbocycles. The zero-order chi connectivity index (χ0) is 19.5. The Morgan fingerprint density at radius 3 is 2.93 bits per heavy atom. The molecule has 1 aromatic heterocycles. The zero-order valence-corrected chi connectivity index (χ0v) is 15.4. The highest BCUT2D eigenvalue weighted by atomic mass is 19.1. The van der Waals surface area contributed by atoms with E-state index in [1.807, 2.05) is 6.07 Å². The monoisotopic (exact) mass is 383 g/mol. The van der Waals surface area contributed by atoms with Gasteiger partial charge in [-0.1, -0.05) is 12.1 Å². The first-order valence-corrected chi connectivity index (χ1v) is 9.57. The first kappa shape index (κ1) is 18.4. The van der Waals surface area contributed by atoms with Crippen LogP contribution in [0.1, 0.15) is 49.1 Å². The third-order valence-corrected chi connectivity index (χ3v) is 5.25. The van der Waals surface area contributed by atoms with Gasteiger partial charge in [-0.05, 0) is 49.4 Å². The molecule has 1 aromatic carbocycles. The number of hydrogen-bond donors (Lipinski definition) is 2. The zero-order valence-electron chi connectivity index (χ0n) is 15.4. The molecule has 1 fully saturated rings. The number of amides is 2. The molecule has 0 radical (unpaired) electrons. The fraction of sp³-hybridized carbons (Fsp3) is 0.381. The van der Waals surface area contributed by atoms with E-state index in [4.69, 9.17) is 4.74 Å². The number of benzene rings is 1. The number of halogens is 1. The van der Waals surface area contributed by atoms with Crippen LogP contribution in [0.25, 0.3) is 0 Å². The largest absolute Gasteiger partial charge is 0.474 e. The maximum Gasteiger partial charge on any atom is 0.228 e. The molecular formula is C21H22FN3O3. The van der Waals surface area contributed by atoms with E-state index in [0.29, 0.717) is 17.1 Å². The first-order valence-electron chi connectivity index (χ1n) is 9.57. The fourth-order valence-corrected chi connectivity index (χ4v) is 3.81. The Kier molecular flexibility index (Phi) is 5.23. The lowest BCUT2D eigenvalue weighted by atomic mass is 9.89. The van der Waals surface area contributed by atoms with Crippen LogP contribution < -0.4 is 15.4 Å². The summed E-state index contributed by atoms with van der Waals surface area (Å²) < 4.78 is 19.5. The summed E-state index contributed by atoms with van der Waals surface area (Å²) in [5, 5.41) is 5.50. The number of nitrogens with zero attached hydrogens (tertiary/aromatic N) is 1. The van der Waals surface area contributed by atoms with E-state index in [0.717, 1.165) is 31.2 Å².